The van der Waals surface area contributed by atoms with Crippen LogP contribution in [0.1, 0.15) is 5.56 Å². The van der Waals surface area contributed by atoms with Crippen molar-refractivity contribution in [3.05, 3.63) is 83.0 Å². The van der Waals surface area contributed by atoms with Gasteiger partial charge in [0.05, 0.1) is 16.6 Å². The summed E-state index contributed by atoms with van der Waals surface area (Å²) in [5.41, 5.74) is 0.254. The highest BCUT2D eigenvalue weighted by Crippen LogP contribution is 2.32. The lowest BCUT2D eigenvalue weighted by atomic mass is 10.1. The van der Waals surface area contributed by atoms with Crippen LogP contribution in [0.4, 0.5) is 24.7 Å². The van der Waals surface area contributed by atoms with Gasteiger partial charge in [0.15, 0.2) is 0 Å². The Balaban J connectivity index is 1.87. The van der Waals surface area contributed by atoms with E-state index in [1.807, 2.05) is 6.07 Å². The second-order valence-corrected chi connectivity index (χ2v) is 6.07. The molecule has 1 aromatic carbocycles. The van der Waals surface area contributed by atoms with Gasteiger partial charge in [0, 0.05) is 29.8 Å². The summed E-state index contributed by atoms with van der Waals surface area (Å²) in [7, 11) is 0. The maximum atomic E-state index is 13.0. The van der Waals surface area contributed by atoms with Gasteiger partial charge in [-0.25, -0.2) is 4.98 Å². The molecule has 0 atom stereocenters. The molecule has 140 valence electrons. The fourth-order valence-electron chi connectivity index (χ4n) is 2.88. The molecule has 0 saturated carbocycles. The van der Waals surface area contributed by atoms with Gasteiger partial charge in [-0.05, 0) is 47.9 Å². The molecular weight excluding hydrogens is 369 g/mol. The molecule has 0 fully saturated rings. The lowest BCUT2D eigenvalue weighted by Crippen LogP contribution is -2.10. The van der Waals surface area contributed by atoms with E-state index in [9.17, 15) is 18.0 Å². The van der Waals surface area contributed by atoms with E-state index < -0.39 is 17.3 Å². The number of aromatic nitrogens is 3. The van der Waals surface area contributed by atoms with E-state index in [1.165, 1.54) is 18.3 Å². The average molecular weight is 382 g/mol. The van der Waals surface area contributed by atoms with E-state index >= 15 is 0 Å². The van der Waals surface area contributed by atoms with Gasteiger partial charge in [-0.2, -0.15) is 13.2 Å². The first kappa shape index (κ1) is 17.7. The summed E-state index contributed by atoms with van der Waals surface area (Å²) in [6.45, 7) is 0. The average Bonchev–Trinajstić information content (AvgIpc) is 2.68. The highest BCUT2D eigenvalue weighted by atomic mass is 19.4. The second-order valence-electron chi connectivity index (χ2n) is 6.07. The zero-order chi connectivity index (χ0) is 19.7. The Morgan fingerprint density at radius 2 is 1.89 bits per heavy atom. The molecule has 0 bridgehead atoms. The van der Waals surface area contributed by atoms with Gasteiger partial charge in [0.25, 0.3) is 5.56 Å². The van der Waals surface area contributed by atoms with Crippen molar-refractivity contribution in [3.8, 4) is 11.3 Å². The van der Waals surface area contributed by atoms with Gasteiger partial charge in [0.2, 0.25) is 0 Å². The van der Waals surface area contributed by atoms with Gasteiger partial charge < -0.3 is 10.3 Å². The molecule has 4 aromatic rings. The number of nitrogens with zero attached hydrogens (tertiary/aromatic N) is 2. The van der Waals surface area contributed by atoms with Crippen LogP contribution in [0.3, 0.4) is 0 Å². The second kappa shape index (κ2) is 6.80. The molecule has 0 radical (unpaired) electrons. The molecular formula is C20H13F3N4O. The summed E-state index contributed by atoms with van der Waals surface area (Å²) in [6, 6.07) is 11.7. The van der Waals surface area contributed by atoms with Crippen LogP contribution in [0.5, 0.6) is 0 Å². The quantitative estimate of drug-likeness (QED) is 0.537. The van der Waals surface area contributed by atoms with Crippen LogP contribution in [0.25, 0.3) is 22.0 Å². The van der Waals surface area contributed by atoms with Crippen molar-refractivity contribution < 1.29 is 13.2 Å². The smallest absolute Gasteiger partial charge is 0.340 e. The molecule has 0 aliphatic heterocycles. The van der Waals surface area contributed by atoms with Crippen molar-refractivity contribution in [2.75, 3.05) is 5.32 Å². The molecule has 0 amide bonds. The lowest BCUT2D eigenvalue weighted by molar-refractivity contribution is -0.137. The number of hydrogen-bond acceptors (Lipinski definition) is 4. The van der Waals surface area contributed by atoms with Crippen molar-refractivity contribution in [1.29, 1.82) is 0 Å². The molecule has 8 heteroatoms. The molecule has 3 heterocycles. The summed E-state index contributed by atoms with van der Waals surface area (Å²) < 4.78 is 39.0. The number of anilines is 2. The predicted octanol–water partition coefficient (Wildman–Crippen LogP) is 4.75. The van der Waals surface area contributed by atoms with Crippen LogP contribution in [-0.2, 0) is 6.18 Å². The summed E-state index contributed by atoms with van der Waals surface area (Å²) in [5, 5.41) is 3.72. The maximum Gasteiger partial charge on any atom is 0.416 e. The van der Waals surface area contributed by atoms with Crippen LogP contribution in [0.2, 0.25) is 0 Å². The fraction of sp³-hybridized carbons (Fsp3) is 0.0500. The number of fused-ring (bicyclic) bond motifs is 1. The van der Waals surface area contributed by atoms with Crippen LogP contribution in [0.15, 0.2) is 71.9 Å². The first-order chi connectivity index (χ1) is 13.4. The Kier molecular flexibility index (Phi) is 4.31. The first-order valence-electron chi connectivity index (χ1n) is 8.29. The minimum absolute atomic E-state index is 0.164. The highest BCUT2D eigenvalue weighted by molar-refractivity contribution is 5.95. The number of rotatable bonds is 3. The fourth-order valence-corrected chi connectivity index (χ4v) is 2.88. The topological polar surface area (TPSA) is 70.7 Å². The molecule has 0 aliphatic carbocycles. The highest BCUT2D eigenvalue weighted by Gasteiger charge is 2.30. The van der Waals surface area contributed by atoms with E-state index in [0.717, 1.165) is 17.7 Å². The third-order valence-corrected chi connectivity index (χ3v) is 4.16. The van der Waals surface area contributed by atoms with Gasteiger partial charge in [-0.15, -0.1) is 0 Å². The normalized spacial score (nSPS) is 11.5. The molecule has 2 N–H and O–H groups in total. The van der Waals surface area contributed by atoms with E-state index in [-0.39, 0.29) is 16.9 Å². The molecule has 28 heavy (non-hydrogen) atoms. The van der Waals surface area contributed by atoms with E-state index in [1.54, 1.807) is 30.6 Å². The van der Waals surface area contributed by atoms with Gasteiger partial charge in [-0.1, -0.05) is 6.07 Å². The molecule has 0 saturated heterocycles. The van der Waals surface area contributed by atoms with Gasteiger partial charge in [0.1, 0.15) is 5.82 Å². The standard InChI is InChI=1S/C20H13F3N4O/c21-20(22,23)14-4-1-5-15(10-14)26-18-17-12(6-8-25-19(17)28)9-16(27-18)13-3-2-7-24-11-13/h1-11H,(H,25,28)(H,26,27). The van der Waals surface area contributed by atoms with Crippen molar-refractivity contribution in [2.45, 2.75) is 6.18 Å². The maximum absolute atomic E-state index is 13.0. The SMILES string of the molecule is O=c1[nH]ccc2cc(-c3cccnc3)nc(Nc3cccc(C(F)(F)F)c3)c12. The molecule has 0 aliphatic rings. The molecule has 0 unspecified atom stereocenters. The molecule has 4 rings (SSSR count). The number of benzene rings is 1. The van der Waals surface area contributed by atoms with E-state index in [0.29, 0.717) is 11.1 Å². The van der Waals surface area contributed by atoms with Crippen LogP contribution in [0, 0.1) is 0 Å². The molecule has 0 spiro atoms. The predicted molar refractivity (Wildman–Crippen MR) is 100 cm³/mol. The van der Waals surface area contributed by atoms with Gasteiger partial charge in [-0.3, -0.25) is 9.78 Å². The third kappa shape index (κ3) is 3.44. The number of nitrogens with one attached hydrogen (secondary N) is 2. The van der Waals surface area contributed by atoms with Crippen molar-refractivity contribution in [2.24, 2.45) is 0 Å². The summed E-state index contributed by atoms with van der Waals surface area (Å²) in [4.78, 5) is 23.4. The Hall–Kier alpha value is -3.68. The van der Waals surface area contributed by atoms with Crippen molar-refractivity contribution >= 4 is 22.3 Å². The number of aromatic amines is 1. The number of hydrogen-bond donors (Lipinski definition) is 2. The van der Waals surface area contributed by atoms with E-state index in [4.69, 9.17) is 0 Å². The largest absolute Gasteiger partial charge is 0.416 e. The summed E-state index contributed by atoms with van der Waals surface area (Å²) >= 11 is 0. The Bertz CT molecular complexity index is 1200. The van der Waals surface area contributed by atoms with Gasteiger partial charge >= 0.3 is 6.18 Å². The van der Waals surface area contributed by atoms with Crippen molar-refractivity contribution in [1.82, 2.24) is 15.0 Å². The first-order valence-corrected chi connectivity index (χ1v) is 8.29. The van der Waals surface area contributed by atoms with Crippen LogP contribution in [-0.4, -0.2) is 15.0 Å². The Labute approximate surface area is 156 Å². The lowest BCUT2D eigenvalue weighted by Gasteiger charge is -2.13. The monoisotopic (exact) mass is 382 g/mol. The summed E-state index contributed by atoms with van der Waals surface area (Å²) in [6.07, 6.45) is 0.278. The molecule has 3 aromatic heterocycles. The Morgan fingerprint density at radius 1 is 1.04 bits per heavy atom. The zero-order valence-electron chi connectivity index (χ0n) is 14.3. The van der Waals surface area contributed by atoms with Crippen LogP contribution >= 0.6 is 0 Å². The number of halogens is 3. The number of pyridine rings is 3. The minimum atomic E-state index is -4.47. The Morgan fingerprint density at radius 3 is 2.64 bits per heavy atom. The minimum Gasteiger partial charge on any atom is -0.340 e. The molecule has 5 nitrogen and oxygen atoms in total. The summed E-state index contributed by atoms with van der Waals surface area (Å²) in [5.74, 6) is 0.164. The number of alkyl halides is 3. The zero-order valence-corrected chi connectivity index (χ0v) is 14.3. The van der Waals surface area contributed by atoms with E-state index in [2.05, 4.69) is 20.3 Å². The third-order valence-electron chi connectivity index (χ3n) is 4.16. The van der Waals surface area contributed by atoms with Crippen molar-refractivity contribution in [3.63, 3.8) is 0 Å². The van der Waals surface area contributed by atoms with Crippen LogP contribution < -0.4 is 10.9 Å². The number of H-pyrrole nitrogens is 1.